The van der Waals surface area contributed by atoms with Crippen LogP contribution in [0.25, 0.3) is 6.08 Å². The number of fused-ring (bicyclic) bond motifs is 1. The van der Waals surface area contributed by atoms with E-state index < -0.39 is 0 Å². The summed E-state index contributed by atoms with van der Waals surface area (Å²) in [4.78, 5) is 0. The Kier molecular flexibility index (Phi) is 4.87. The number of rotatable bonds is 1. The topological polar surface area (TPSA) is 0 Å². The maximum absolute atomic E-state index is 2.36. The zero-order valence-electron chi connectivity index (χ0n) is 7.99. The second kappa shape index (κ2) is 4.97. The number of halogens is 2. The molecule has 0 heterocycles. The molecule has 3 heteroatoms. The molecule has 75 valence electrons. The zero-order chi connectivity index (χ0) is 8.60. The first-order chi connectivity index (χ1) is 5.76. The monoisotopic (exact) mass is 273 g/mol. The standard InChI is InChI=1S/C11H11.2FH.Zr/c1-2-9-7-8-10-5-3-4-6-11(9)10;;;/h3-8H,2H2,1H3;2*1H;. The van der Waals surface area contributed by atoms with Crippen LogP contribution in [0.1, 0.15) is 24.5 Å². The van der Waals surface area contributed by atoms with E-state index in [1.54, 1.807) is 24.7 Å². The van der Waals surface area contributed by atoms with Crippen LogP contribution in [0.4, 0.5) is 9.41 Å². The van der Waals surface area contributed by atoms with E-state index in [-0.39, 0.29) is 9.41 Å². The molecule has 0 amide bonds. The Hall–Kier alpha value is -0.297. The van der Waals surface area contributed by atoms with Crippen LogP contribution in [-0.4, -0.2) is 0 Å². The van der Waals surface area contributed by atoms with Gasteiger partial charge in [0.05, 0.1) is 0 Å². The quantitative estimate of drug-likeness (QED) is 0.738. The largest absolute Gasteiger partial charge is 0.269 e. The molecule has 0 radical (unpaired) electrons. The van der Waals surface area contributed by atoms with Crippen LogP contribution in [0.5, 0.6) is 0 Å². The first-order valence-corrected chi connectivity index (χ1v) is 5.53. The van der Waals surface area contributed by atoms with E-state index in [0.717, 1.165) is 0 Å². The Morgan fingerprint density at radius 3 is 2.50 bits per heavy atom. The SMILES string of the molecule is CC[C]1([Zr])C=Cc2ccccc21.F.F. The van der Waals surface area contributed by atoms with Crippen molar-refractivity contribution < 1.29 is 34.1 Å². The van der Waals surface area contributed by atoms with Crippen LogP contribution < -0.4 is 0 Å². The molecule has 14 heavy (non-hydrogen) atoms. The van der Waals surface area contributed by atoms with Gasteiger partial charge >= 0.3 is 88.7 Å². The molecular formula is C11H13F2Zr. The number of hydrogen-bond donors (Lipinski definition) is 0. The molecule has 1 aliphatic carbocycles. The fourth-order valence-corrected chi connectivity index (χ4v) is 2.44. The molecule has 1 unspecified atom stereocenters. The van der Waals surface area contributed by atoms with Gasteiger partial charge in [-0.05, 0) is 0 Å². The smallest absolute Gasteiger partial charge is 0.269 e. The summed E-state index contributed by atoms with van der Waals surface area (Å²) < 4.78 is 0.378. The molecule has 0 fully saturated rings. The Balaban J connectivity index is 0.000000845. The van der Waals surface area contributed by atoms with Crippen LogP contribution in [-0.2, 0) is 27.8 Å². The van der Waals surface area contributed by atoms with E-state index >= 15 is 0 Å². The second-order valence-corrected chi connectivity index (χ2v) is 5.44. The summed E-state index contributed by atoms with van der Waals surface area (Å²) in [5.74, 6) is 0. The van der Waals surface area contributed by atoms with Gasteiger partial charge in [0.25, 0.3) is 0 Å². The molecule has 1 aliphatic rings. The van der Waals surface area contributed by atoms with Gasteiger partial charge in [-0.3, -0.25) is 9.41 Å². The normalized spacial score (nSPS) is 22.0. The molecule has 1 atom stereocenters. The maximum atomic E-state index is 2.36. The van der Waals surface area contributed by atoms with Crippen molar-refractivity contribution in [3.63, 3.8) is 0 Å². The Morgan fingerprint density at radius 1 is 1.21 bits per heavy atom. The van der Waals surface area contributed by atoms with Crippen molar-refractivity contribution in [2.75, 3.05) is 0 Å². The van der Waals surface area contributed by atoms with E-state index in [1.165, 1.54) is 17.5 Å². The predicted molar refractivity (Wildman–Crippen MR) is 52.5 cm³/mol. The summed E-state index contributed by atoms with van der Waals surface area (Å²) in [6.07, 6.45) is 5.84. The van der Waals surface area contributed by atoms with Gasteiger partial charge in [0, 0.05) is 0 Å². The molecule has 0 aromatic heterocycles. The fourth-order valence-electron chi connectivity index (χ4n) is 1.68. The fraction of sp³-hybridized carbons (Fsp3) is 0.273. The van der Waals surface area contributed by atoms with Gasteiger partial charge in [-0.15, -0.1) is 0 Å². The van der Waals surface area contributed by atoms with Crippen molar-refractivity contribution >= 4 is 6.08 Å². The summed E-state index contributed by atoms with van der Waals surface area (Å²) in [6, 6.07) is 8.71. The van der Waals surface area contributed by atoms with Gasteiger partial charge in [0.1, 0.15) is 0 Å². The van der Waals surface area contributed by atoms with Crippen LogP contribution >= 0.6 is 0 Å². The predicted octanol–water partition coefficient (Wildman–Crippen LogP) is 3.17. The molecule has 0 nitrogen and oxygen atoms in total. The van der Waals surface area contributed by atoms with Crippen LogP contribution in [0.3, 0.4) is 0 Å². The zero-order valence-corrected chi connectivity index (χ0v) is 10.4. The van der Waals surface area contributed by atoms with Crippen LogP contribution in [0.2, 0.25) is 0 Å². The third-order valence-electron chi connectivity index (χ3n) is 2.55. The van der Waals surface area contributed by atoms with Crippen molar-refractivity contribution in [3.8, 4) is 0 Å². The Labute approximate surface area is 98.0 Å². The Bertz CT molecular complexity index is 336. The Morgan fingerprint density at radius 2 is 1.86 bits per heavy atom. The summed E-state index contributed by atoms with van der Waals surface area (Å²) in [5.41, 5.74) is 2.93. The van der Waals surface area contributed by atoms with Crippen LogP contribution in [0.15, 0.2) is 30.3 Å². The first-order valence-electron chi connectivity index (χ1n) is 4.30. The van der Waals surface area contributed by atoms with Crippen molar-refractivity contribution in [1.82, 2.24) is 0 Å². The van der Waals surface area contributed by atoms with Crippen molar-refractivity contribution in [1.29, 1.82) is 0 Å². The molecule has 2 rings (SSSR count). The molecule has 0 spiro atoms. The van der Waals surface area contributed by atoms with Crippen molar-refractivity contribution in [2.45, 2.75) is 16.5 Å². The van der Waals surface area contributed by atoms with E-state index in [9.17, 15) is 0 Å². The van der Waals surface area contributed by atoms with E-state index in [4.69, 9.17) is 0 Å². The van der Waals surface area contributed by atoms with Gasteiger partial charge in [-0.25, -0.2) is 0 Å². The van der Waals surface area contributed by atoms with E-state index in [0.29, 0.717) is 3.12 Å². The van der Waals surface area contributed by atoms with E-state index in [2.05, 4.69) is 43.3 Å². The van der Waals surface area contributed by atoms with E-state index in [1.807, 2.05) is 0 Å². The summed E-state index contributed by atoms with van der Waals surface area (Å²) >= 11 is 1.60. The molecule has 0 bridgehead atoms. The second-order valence-electron chi connectivity index (χ2n) is 3.25. The number of allylic oxidation sites excluding steroid dienone is 1. The minimum atomic E-state index is 0. The van der Waals surface area contributed by atoms with Gasteiger partial charge in [-0.1, -0.05) is 0 Å². The third-order valence-corrected chi connectivity index (χ3v) is 4.49. The average molecular weight is 274 g/mol. The third kappa shape index (κ3) is 2.03. The molecule has 1 aromatic rings. The summed E-state index contributed by atoms with van der Waals surface area (Å²) in [6.45, 7) is 2.26. The van der Waals surface area contributed by atoms with Gasteiger partial charge in [0.2, 0.25) is 0 Å². The molecule has 0 saturated heterocycles. The first kappa shape index (κ1) is 13.7. The average Bonchev–Trinajstić information content (AvgIpc) is 2.46. The van der Waals surface area contributed by atoms with Gasteiger partial charge in [0.15, 0.2) is 0 Å². The van der Waals surface area contributed by atoms with Crippen molar-refractivity contribution in [3.05, 3.63) is 41.5 Å². The van der Waals surface area contributed by atoms with Crippen molar-refractivity contribution in [2.24, 2.45) is 0 Å². The minimum Gasteiger partial charge on any atom is -0.269 e. The van der Waals surface area contributed by atoms with Gasteiger partial charge in [-0.2, -0.15) is 0 Å². The van der Waals surface area contributed by atoms with Crippen LogP contribution in [0, 0.1) is 0 Å². The number of benzene rings is 1. The molecule has 0 aliphatic heterocycles. The van der Waals surface area contributed by atoms with Gasteiger partial charge < -0.3 is 0 Å². The minimum absolute atomic E-state index is 0. The maximum Gasteiger partial charge on any atom is -0.269 e. The molecule has 1 aromatic carbocycles. The summed E-state index contributed by atoms with van der Waals surface area (Å²) in [7, 11) is 0. The molecule has 0 N–H and O–H groups in total. The number of hydrogen-bond acceptors (Lipinski definition) is 0. The summed E-state index contributed by atoms with van der Waals surface area (Å²) in [5, 5.41) is 0. The molecular weight excluding hydrogens is 261 g/mol. The molecule has 0 saturated carbocycles.